The Hall–Kier alpha value is -1.82. The predicted molar refractivity (Wildman–Crippen MR) is 118 cm³/mol. The van der Waals surface area contributed by atoms with Gasteiger partial charge in [-0.2, -0.15) is 0 Å². The third kappa shape index (κ3) is 4.52. The smallest absolute Gasteiger partial charge is 0.233 e. The van der Waals surface area contributed by atoms with E-state index in [0.29, 0.717) is 17.8 Å². The van der Waals surface area contributed by atoms with Crippen LogP contribution >= 0.6 is 11.8 Å². The van der Waals surface area contributed by atoms with Crippen molar-refractivity contribution in [3.05, 3.63) is 29.8 Å². The van der Waals surface area contributed by atoms with Crippen LogP contribution < -0.4 is 0 Å². The van der Waals surface area contributed by atoms with Gasteiger partial charge in [-0.3, -0.25) is 9.36 Å². The Morgan fingerprint density at radius 1 is 1.10 bits per heavy atom. The molecule has 1 aromatic carbocycles. The van der Waals surface area contributed by atoms with E-state index in [1.807, 2.05) is 11.9 Å². The van der Waals surface area contributed by atoms with Crippen LogP contribution in [-0.2, 0) is 10.2 Å². The van der Waals surface area contributed by atoms with Crippen LogP contribution in [0.15, 0.2) is 29.4 Å². The van der Waals surface area contributed by atoms with Crippen molar-refractivity contribution >= 4 is 17.7 Å². The molecular weight excluding hydrogens is 380 g/mol. The molecule has 6 heteroatoms. The van der Waals surface area contributed by atoms with Gasteiger partial charge in [-0.1, -0.05) is 69.6 Å². The van der Waals surface area contributed by atoms with Crippen LogP contribution in [0.2, 0.25) is 0 Å². The minimum Gasteiger partial charge on any atom is -0.342 e. The summed E-state index contributed by atoms with van der Waals surface area (Å²) in [5.74, 6) is 1.55. The maximum absolute atomic E-state index is 12.5. The molecule has 5 nitrogen and oxygen atoms in total. The van der Waals surface area contributed by atoms with E-state index < -0.39 is 0 Å². The van der Waals surface area contributed by atoms with E-state index in [2.05, 4.69) is 59.8 Å². The van der Waals surface area contributed by atoms with Crippen LogP contribution in [0, 0.1) is 0 Å². The summed E-state index contributed by atoms with van der Waals surface area (Å²) < 4.78 is 2.30. The highest BCUT2D eigenvalue weighted by molar-refractivity contribution is 7.99. The third-order valence-corrected chi connectivity index (χ3v) is 7.10. The fourth-order valence-electron chi connectivity index (χ4n) is 4.08. The minimum absolute atomic E-state index is 0.132. The summed E-state index contributed by atoms with van der Waals surface area (Å²) in [5, 5.41) is 9.94. The van der Waals surface area contributed by atoms with E-state index in [4.69, 9.17) is 0 Å². The van der Waals surface area contributed by atoms with Gasteiger partial charge in [0.25, 0.3) is 0 Å². The van der Waals surface area contributed by atoms with E-state index >= 15 is 0 Å². The number of hydrogen-bond acceptors (Lipinski definition) is 4. The molecule has 2 aliphatic carbocycles. The van der Waals surface area contributed by atoms with Crippen molar-refractivity contribution in [2.24, 2.45) is 0 Å². The Labute approximate surface area is 178 Å². The van der Waals surface area contributed by atoms with Gasteiger partial charge in [0.2, 0.25) is 5.91 Å². The summed E-state index contributed by atoms with van der Waals surface area (Å²) in [5.41, 5.74) is 2.55. The molecule has 2 saturated carbocycles. The molecule has 1 heterocycles. The lowest BCUT2D eigenvalue weighted by Crippen LogP contribution is -2.30. The molecule has 1 amide bonds. The van der Waals surface area contributed by atoms with Crippen LogP contribution in [0.5, 0.6) is 0 Å². The van der Waals surface area contributed by atoms with Crippen LogP contribution in [0.3, 0.4) is 0 Å². The summed E-state index contributed by atoms with van der Waals surface area (Å²) in [6, 6.07) is 9.61. The second-order valence-corrected chi connectivity index (χ2v) is 10.4. The first-order chi connectivity index (χ1) is 13.8. The highest BCUT2D eigenvalue weighted by Gasteiger charge is 2.30. The Morgan fingerprint density at radius 3 is 2.34 bits per heavy atom. The molecular formula is C23H32N4OS. The molecule has 0 aliphatic heterocycles. The minimum atomic E-state index is 0.132. The summed E-state index contributed by atoms with van der Waals surface area (Å²) in [6.45, 7) is 6.69. The van der Waals surface area contributed by atoms with Crippen LogP contribution in [0.1, 0.15) is 70.9 Å². The first kappa shape index (κ1) is 20.5. The van der Waals surface area contributed by atoms with Gasteiger partial charge in [0.1, 0.15) is 0 Å². The average Bonchev–Trinajstić information content (AvgIpc) is 3.24. The van der Waals surface area contributed by atoms with Gasteiger partial charge in [-0.15, -0.1) is 10.2 Å². The highest BCUT2D eigenvalue weighted by Crippen LogP contribution is 2.37. The molecule has 29 heavy (non-hydrogen) atoms. The molecule has 1 aromatic heterocycles. The van der Waals surface area contributed by atoms with Gasteiger partial charge < -0.3 is 4.90 Å². The fourth-order valence-corrected chi connectivity index (χ4v) is 5.01. The van der Waals surface area contributed by atoms with Crippen molar-refractivity contribution in [3.8, 4) is 11.4 Å². The number of carbonyl (C=O) groups excluding carboxylic acids is 1. The number of carbonyl (C=O) groups is 1. The maximum atomic E-state index is 12.5. The molecule has 0 saturated heterocycles. The average molecular weight is 413 g/mol. The molecule has 0 N–H and O–H groups in total. The van der Waals surface area contributed by atoms with Crippen molar-refractivity contribution in [2.75, 3.05) is 12.8 Å². The van der Waals surface area contributed by atoms with Gasteiger partial charge in [-0.05, 0) is 36.7 Å². The number of hydrogen-bond donors (Lipinski definition) is 0. The summed E-state index contributed by atoms with van der Waals surface area (Å²) >= 11 is 1.54. The first-order valence-corrected chi connectivity index (χ1v) is 11.8. The van der Waals surface area contributed by atoms with Crippen LogP contribution in [0.25, 0.3) is 11.4 Å². The van der Waals surface area contributed by atoms with Gasteiger partial charge in [0.05, 0.1) is 5.75 Å². The van der Waals surface area contributed by atoms with Gasteiger partial charge in [-0.25, -0.2) is 0 Å². The third-order valence-electron chi connectivity index (χ3n) is 6.18. The van der Waals surface area contributed by atoms with Crippen LogP contribution in [0.4, 0.5) is 0 Å². The lowest BCUT2D eigenvalue weighted by molar-refractivity contribution is -0.127. The molecule has 156 valence electrons. The van der Waals surface area contributed by atoms with E-state index in [9.17, 15) is 4.79 Å². The summed E-state index contributed by atoms with van der Waals surface area (Å²) in [4.78, 5) is 14.4. The quantitative estimate of drug-likeness (QED) is 0.622. The highest BCUT2D eigenvalue weighted by atomic mass is 32.2. The lowest BCUT2D eigenvalue weighted by atomic mass is 9.86. The largest absolute Gasteiger partial charge is 0.342 e. The SMILES string of the molecule is CN(C(=O)CSc1nnc(-c2ccc(C(C)(C)C)cc2)n1C1CCCC1)C1CC1. The monoisotopic (exact) mass is 412 g/mol. The topological polar surface area (TPSA) is 51.0 Å². The molecule has 0 spiro atoms. The summed E-state index contributed by atoms with van der Waals surface area (Å²) in [6.07, 6.45) is 7.10. The number of amides is 1. The maximum Gasteiger partial charge on any atom is 0.233 e. The fraction of sp³-hybridized carbons (Fsp3) is 0.609. The summed E-state index contributed by atoms with van der Waals surface area (Å²) in [7, 11) is 1.92. The van der Waals surface area contributed by atoms with Crippen molar-refractivity contribution in [1.82, 2.24) is 19.7 Å². The van der Waals surface area contributed by atoms with Crippen molar-refractivity contribution in [1.29, 1.82) is 0 Å². The Balaban J connectivity index is 1.58. The Bertz CT molecular complexity index is 858. The Morgan fingerprint density at radius 2 is 1.76 bits per heavy atom. The zero-order valence-corrected chi connectivity index (χ0v) is 18.8. The van der Waals surface area contributed by atoms with Crippen molar-refractivity contribution in [2.45, 2.75) is 82.0 Å². The number of rotatable bonds is 6. The van der Waals surface area contributed by atoms with Crippen molar-refractivity contribution < 1.29 is 4.79 Å². The van der Waals surface area contributed by atoms with E-state index in [1.165, 1.54) is 30.2 Å². The van der Waals surface area contributed by atoms with Gasteiger partial charge in [0.15, 0.2) is 11.0 Å². The molecule has 2 fully saturated rings. The zero-order valence-electron chi connectivity index (χ0n) is 18.0. The lowest BCUT2D eigenvalue weighted by Gasteiger charge is -2.20. The standard InChI is InChI=1S/C23H32N4OS/c1-23(2,3)17-11-9-16(10-12-17)21-24-25-22(27(21)19-7-5-6-8-19)29-15-20(28)26(4)18-13-14-18/h9-12,18-19H,5-8,13-15H2,1-4H3. The Kier molecular flexibility index (Phi) is 5.74. The molecule has 0 bridgehead atoms. The van der Waals surface area contributed by atoms with E-state index in [-0.39, 0.29) is 11.3 Å². The zero-order chi connectivity index (χ0) is 20.6. The second-order valence-electron chi connectivity index (χ2n) is 9.47. The number of benzene rings is 1. The molecule has 0 atom stereocenters. The molecule has 4 rings (SSSR count). The van der Waals surface area contributed by atoms with Crippen molar-refractivity contribution in [3.63, 3.8) is 0 Å². The first-order valence-electron chi connectivity index (χ1n) is 10.8. The second kappa shape index (κ2) is 8.13. The van der Waals surface area contributed by atoms with E-state index in [0.717, 1.165) is 42.2 Å². The molecule has 0 radical (unpaired) electrons. The normalized spacial score (nSPS) is 17.7. The predicted octanol–water partition coefficient (Wildman–Crippen LogP) is 5.07. The number of aromatic nitrogens is 3. The number of thioether (sulfide) groups is 1. The molecule has 2 aliphatic rings. The van der Waals surface area contributed by atoms with E-state index in [1.54, 1.807) is 0 Å². The molecule has 2 aromatic rings. The number of nitrogens with zero attached hydrogens (tertiary/aromatic N) is 4. The van der Waals surface area contributed by atoms with Crippen LogP contribution in [-0.4, -0.2) is 44.4 Å². The van der Waals surface area contributed by atoms with Gasteiger partial charge in [0, 0.05) is 24.7 Å². The molecule has 0 unspecified atom stereocenters. The van der Waals surface area contributed by atoms with Gasteiger partial charge >= 0.3 is 0 Å².